The fraction of sp³-hybridized carbons (Fsp3) is 0.625. The Morgan fingerprint density at radius 3 is 2.95 bits per heavy atom. The number of rotatable bonds is 6. The molecule has 2 rings (SSSR count). The maximum absolute atomic E-state index is 13.5. The Morgan fingerprint density at radius 1 is 1.50 bits per heavy atom. The Kier molecular flexibility index (Phi) is 5.52. The van der Waals surface area contributed by atoms with Gasteiger partial charge >= 0.3 is 0 Å². The summed E-state index contributed by atoms with van der Waals surface area (Å²) in [7, 11) is 0. The zero-order chi connectivity index (χ0) is 14.5. The molecule has 1 saturated heterocycles. The molecular formula is C16H25FN2O. The lowest BCUT2D eigenvalue weighted by Gasteiger charge is -2.32. The van der Waals surface area contributed by atoms with E-state index in [2.05, 4.69) is 11.8 Å². The number of aliphatic hydroxyl groups excluding tert-OH is 1. The van der Waals surface area contributed by atoms with Gasteiger partial charge in [0.25, 0.3) is 0 Å². The van der Waals surface area contributed by atoms with Gasteiger partial charge in [0.2, 0.25) is 0 Å². The molecule has 0 aliphatic carbocycles. The number of hydrogen-bond donors (Lipinski definition) is 2. The van der Waals surface area contributed by atoms with Crippen LogP contribution >= 0.6 is 0 Å². The van der Waals surface area contributed by atoms with Gasteiger partial charge in [0.1, 0.15) is 5.82 Å². The first-order valence-electron chi connectivity index (χ1n) is 7.51. The van der Waals surface area contributed by atoms with Crippen molar-refractivity contribution in [3.63, 3.8) is 0 Å². The fourth-order valence-corrected chi connectivity index (χ4v) is 3.18. The predicted molar refractivity (Wildman–Crippen MR) is 78.8 cm³/mol. The molecule has 3 unspecified atom stereocenters. The van der Waals surface area contributed by atoms with E-state index in [0.717, 1.165) is 37.9 Å². The molecule has 3 nitrogen and oxygen atoms in total. The third kappa shape index (κ3) is 3.57. The van der Waals surface area contributed by atoms with Crippen LogP contribution in [0, 0.1) is 11.7 Å². The molecule has 1 aliphatic heterocycles. The number of hydrogen-bond acceptors (Lipinski definition) is 3. The number of aliphatic hydroxyl groups is 1. The second-order valence-electron chi connectivity index (χ2n) is 5.73. The fourth-order valence-electron chi connectivity index (χ4n) is 3.18. The van der Waals surface area contributed by atoms with Crippen molar-refractivity contribution < 1.29 is 9.50 Å². The molecule has 1 aliphatic rings. The first-order valence-corrected chi connectivity index (χ1v) is 7.51. The van der Waals surface area contributed by atoms with Crippen LogP contribution in [-0.4, -0.2) is 35.7 Å². The number of benzene rings is 1. The summed E-state index contributed by atoms with van der Waals surface area (Å²) in [5.41, 5.74) is 7.25. The lowest BCUT2D eigenvalue weighted by atomic mass is 9.96. The van der Waals surface area contributed by atoms with E-state index in [1.165, 1.54) is 6.07 Å². The van der Waals surface area contributed by atoms with Gasteiger partial charge in [0, 0.05) is 25.2 Å². The lowest BCUT2D eigenvalue weighted by Crippen LogP contribution is -2.39. The van der Waals surface area contributed by atoms with Gasteiger partial charge in [-0.15, -0.1) is 0 Å². The molecule has 1 fully saturated rings. The maximum Gasteiger partial charge on any atom is 0.123 e. The van der Waals surface area contributed by atoms with Gasteiger partial charge in [0.05, 0.1) is 0 Å². The van der Waals surface area contributed by atoms with E-state index in [1.54, 1.807) is 12.1 Å². The maximum atomic E-state index is 13.5. The third-order valence-electron chi connectivity index (χ3n) is 4.32. The van der Waals surface area contributed by atoms with Crippen LogP contribution in [0.4, 0.5) is 4.39 Å². The molecular weight excluding hydrogens is 255 g/mol. The Labute approximate surface area is 120 Å². The Bertz CT molecular complexity index is 427. The highest BCUT2D eigenvalue weighted by Crippen LogP contribution is 2.31. The second kappa shape index (κ2) is 7.16. The minimum Gasteiger partial charge on any atom is -0.396 e. The van der Waals surface area contributed by atoms with Crippen LogP contribution in [0.2, 0.25) is 0 Å². The number of nitrogens with zero attached hydrogens (tertiary/aromatic N) is 1. The van der Waals surface area contributed by atoms with E-state index in [1.807, 2.05) is 6.07 Å². The normalized spacial score (nSPS) is 22.9. The summed E-state index contributed by atoms with van der Waals surface area (Å²) in [5, 5.41) is 9.07. The van der Waals surface area contributed by atoms with Gasteiger partial charge in [-0.2, -0.15) is 0 Å². The van der Waals surface area contributed by atoms with E-state index >= 15 is 0 Å². The van der Waals surface area contributed by atoms with Gasteiger partial charge in [0.15, 0.2) is 0 Å². The van der Waals surface area contributed by atoms with E-state index in [-0.39, 0.29) is 24.5 Å². The number of likely N-dealkylation sites (tertiary alicyclic amines) is 1. The van der Waals surface area contributed by atoms with Crippen molar-refractivity contribution in [2.24, 2.45) is 11.7 Å². The van der Waals surface area contributed by atoms with Crippen LogP contribution in [0.5, 0.6) is 0 Å². The second-order valence-corrected chi connectivity index (χ2v) is 5.73. The lowest BCUT2D eigenvalue weighted by molar-refractivity contribution is 0.193. The Hall–Kier alpha value is -0.970. The summed E-state index contributed by atoms with van der Waals surface area (Å²) in [4.78, 5) is 2.35. The SMILES string of the molecule is CCC(N)C(c1cccc(F)c1)N1CCC(CCO)C1. The highest BCUT2D eigenvalue weighted by atomic mass is 19.1. The van der Waals surface area contributed by atoms with Crippen molar-refractivity contribution in [2.45, 2.75) is 38.3 Å². The largest absolute Gasteiger partial charge is 0.396 e. The standard InChI is InChI=1S/C16H25FN2O/c1-2-15(18)16(13-4-3-5-14(17)10-13)19-8-6-12(11-19)7-9-20/h3-5,10,12,15-16,20H,2,6-9,11,18H2,1H3. The van der Waals surface area contributed by atoms with E-state index in [9.17, 15) is 4.39 Å². The van der Waals surface area contributed by atoms with Gasteiger partial charge in [-0.05, 0) is 49.4 Å². The average Bonchev–Trinajstić information content (AvgIpc) is 2.87. The van der Waals surface area contributed by atoms with Gasteiger partial charge in [-0.3, -0.25) is 4.90 Å². The molecule has 0 amide bonds. The summed E-state index contributed by atoms with van der Waals surface area (Å²) < 4.78 is 13.5. The molecule has 0 radical (unpaired) electrons. The first-order chi connectivity index (χ1) is 9.65. The quantitative estimate of drug-likeness (QED) is 0.840. The molecule has 20 heavy (non-hydrogen) atoms. The van der Waals surface area contributed by atoms with Crippen molar-refractivity contribution in [1.82, 2.24) is 4.90 Å². The topological polar surface area (TPSA) is 49.5 Å². The molecule has 1 aromatic rings. The molecule has 0 spiro atoms. The van der Waals surface area contributed by atoms with Crippen molar-refractivity contribution in [2.75, 3.05) is 19.7 Å². The molecule has 1 heterocycles. The van der Waals surface area contributed by atoms with Crippen molar-refractivity contribution in [3.05, 3.63) is 35.6 Å². The number of nitrogens with two attached hydrogens (primary N) is 1. The van der Waals surface area contributed by atoms with Crippen LogP contribution < -0.4 is 5.73 Å². The van der Waals surface area contributed by atoms with Crippen LogP contribution in [-0.2, 0) is 0 Å². The third-order valence-corrected chi connectivity index (χ3v) is 4.32. The average molecular weight is 280 g/mol. The van der Waals surface area contributed by atoms with Crippen molar-refractivity contribution in [3.8, 4) is 0 Å². The summed E-state index contributed by atoms with van der Waals surface area (Å²) in [5.74, 6) is 0.321. The van der Waals surface area contributed by atoms with Crippen LogP contribution in [0.15, 0.2) is 24.3 Å². The Balaban J connectivity index is 2.16. The Morgan fingerprint density at radius 2 is 2.30 bits per heavy atom. The molecule has 3 N–H and O–H groups in total. The van der Waals surface area contributed by atoms with E-state index in [4.69, 9.17) is 10.8 Å². The van der Waals surface area contributed by atoms with E-state index < -0.39 is 0 Å². The van der Waals surface area contributed by atoms with Crippen LogP contribution in [0.1, 0.15) is 37.8 Å². The summed E-state index contributed by atoms with van der Waals surface area (Å²) in [6.07, 6.45) is 2.79. The summed E-state index contributed by atoms with van der Waals surface area (Å²) in [6, 6.07) is 6.85. The van der Waals surface area contributed by atoms with Gasteiger partial charge in [-0.1, -0.05) is 19.1 Å². The highest BCUT2D eigenvalue weighted by Gasteiger charge is 2.31. The van der Waals surface area contributed by atoms with Gasteiger partial charge in [-0.25, -0.2) is 4.39 Å². The zero-order valence-electron chi connectivity index (χ0n) is 12.1. The molecule has 1 aromatic carbocycles. The zero-order valence-corrected chi connectivity index (χ0v) is 12.1. The molecule has 4 heteroatoms. The van der Waals surface area contributed by atoms with Gasteiger partial charge < -0.3 is 10.8 Å². The van der Waals surface area contributed by atoms with Crippen molar-refractivity contribution in [1.29, 1.82) is 0 Å². The summed E-state index contributed by atoms with van der Waals surface area (Å²) >= 11 is 0. The van der Waals surface area contributed by atoms with Crippen LogP contribution in [0.3, 0.4) is 0 Å². The molecule has 112 valence electrons. The first kappa shape index (κ1) is 15.4. The predicted octanol–water partition coefficient (Wildman–Crippen LogP) is 2.31. The smallest absolute Gasteiger partial charge is 0.123 e. The molecule has 0 saturated carbocycles. The monoisotopic (exact) mass is 280 g/mol. The highest BCUT2D eigenvalue weighted by molar-refractivity contribution is 5.22. The number of halogens is 1. The molecule has 0 aromatic heterocycles. The van der Waals surface area contributed by atoms with E-state index in [0.29, 0.717) is 5.92 Å². The minimum atomic E-state index is -0.207. The minimum absolute atomic E-state index is 0.00433. The van der Waals surface area contributed by atoms with Crippen molar-refractivity contribution >= 4 is 0 Å². The summed E-state index contributed by atoms with van der Waals surface area (Å²) in [6.45, 7) is 4.22. The molecule has 0 bridgehead atoms. The van der Waals surface area contributed by atoms with Crippen LogP contribution in [0.25, 0.3) is 0 Å². The molecule has 3 atom stereocenters.